The lowest BCUT2D eigenvalue weighted by molar-refractivity contribution is 0.0475. The van der Waals surface area contributed by atoms with Gasteiger partial charge in [0.1, 0.15) is 12.3 Å². The Bertz CT molecular complexity index is 531. The van der Waals surface area contributed by atoms with Gasteiger partial charge in [-0.15, -0.1) is 0 Å². The van der Waals surface area contributed by atoms with Gasteiger partial charge in [0.25, 0.3) is 0 Å². The summed E-state index contributed by atoms with van der Waals surface area (Å²) in [6.45, 7) is 3.63. The summed E-state index contributed by atoms with van der Waals surface area (Å²) >= 11 is 0. The molecule has 0 atom stereocenters. The zero-order chi connectivity index (χ0) is 13.7. The van der Waals surface area contributed by atoms with Gasteiger partial charge in [-0.05, 0) is 18.6 Å². The third kappa shape index (κ3) is 3.37. The van der Waals surface area contributed by atoms with Crippen LogP contribution in [0.4, 0.5) is 5.69 Å². The molecule has 0 aliphatic heterocycles. The highest BCUT2D eigenvalue weighted by atomic mass is 16.5. The molecular weight excluding hydrogens is 244 g/mol. The van der Waals surface area contributed by atoms with Gasteiger partial charge in [-0.25, -0.2) is 4.79 Å². The number of aromatic nitrogens is 3. The van der Waals surface area contributed by atoms with Crippen molar-refractivity contribution in [2.45, 2.75) is 26.4 Å². The topological polar surface area (TPSA) is 75.1 Å². The summed E-state index contributed by atoms with van der Waals surface area (Å²) in [6.07, 6.45) is 6.20. The van der Waals surface area contributed by atoms with Crippen LogP contribution in [0.3, 0.4) is 0 Å². The second-order valence-electron chi connectivity index (χ2n) is 4.26. The Morgan fingerprint density at radius 2 is 2.32 bits per heavy atom. The number of ether oxygens (including phenoxy) is 1. The summed E-state index contributed by atoms with van der Waals surface area (Å²) < 4.78 is 8.77. The summed E-state index contributed by atoms with van der Waals surface area (Å²) in [4.78, 5) is 12.0. The van der Waals surface area contributed by atoms with Crippen LogP contribution < -0.4 is 5.73 Å². The van der Waals surface area contributed by atoms with E-state index in [2.05, 4.69) is 5.10 Å². The van der Waals surface area contributed by atoms with Gasteiger partial charge in [0, 0.05) is 25.1 Å². The second-order valence-corrected chi connectivity index (χ2v) is 4.26. The van der Waals surface area contributed by atoms with Gasteiger partial charge in [-0.3, -0.25) is 4.68 Å². The Balaban J connectivity index is 1.92. The molecule has 6 heteroatoms. The Labute approximate surface area is 111 Å². The number of nitrogen functional groups attached to an aromatic ring is 1. The van der Waals surface area contributed by atoms with E-state index in [0.717, 1.165) is 13.0 Å². The van der Waals surface area contributed by atoms with E-state index in [0.29, 0.717) is 17.9 Å². The first-order chi connectivity index (χ1) is 9.20. The third-order valence-corrected chi connectivity index (χ3v) is 2.70. The van der Waals surface area contributed by atoms with E-state index in [1.54, 1.807) is 23.1 Å². The van der Waals surface area contributed by atoms with Gasteiger partial charge in [-0.2, -0.15) is 5.10 Å². The number of anilines is 1. The number of hydrogen-bond acceptors (Lipinski definition) is 4. The van der Waals surface area contributed by atoms with Crippen molar-refractivity contribution in [1.29, 1.82) is 0 Å². The standard InChI is InChI=1S/C13H18N4O2/c1-2-5-16-10-11(14)9-12(16)13(18)19-8-7-17-6-3-4-15-17/h3-4,6,9-10H,2,5,7-8,14H2,1H3. The molecule has 0 fully saturated rings. The molecule has 2 rings (SSSR count). The molecule has 0 saturated heterocycles. The minimum atomic E-state index is -0.350. The molecule has 2 aromatic rings. The van der Waals surface area contributed by atoms with Gasteiger partial charge in [-0.1, -0.05) is 6.92 Å². The summed E-state index contributed by atoms with van der Waals surface area (Å²) in [5.74, 6) is -0.350. The highest BCUT2D eigenvalue weighted by molar-refractivity contribution is 5.89. The number of nitrogens with two attached hydrogens (primary N) is 1. The first-order valence-electron chi connectivity index (χ1n) is 6.31. The smallest absolute Gasteiger partial charge is 0.355 e. The van der Waals surface area contributed by atoms with Gasteiger partial charge < -0.3 is 15.0 Å². The number of carbonyl (C=O) groups is 1. The normalized spacial score (nSPS) is 10.6. The molecule has 0 aliphatic rings. The second kappa shape index (κ2) is 6.08. The van der Waals surface area contributed by atoms with Gasteiger partial charge in [0.2, 0.25) is 0 Å². The quantitative estimate of drug-likeness (QED) is 0.801. The van der Waals surface area contributed by atoms with E-state index in [1.165, 1.54) is 0 Å². The van der Waals surface area contributed by atoms with Crippen molar-refractivity contribution < 1.29 is 9.53 Å². The van der Waals surface area contributed by atoms with E-state index in [9.17, 15) is 4.79 Å². The third-order valence-electron chi connectivity index (χ3n) is 2.70. The van der Waals surface area contributed by atoms with Crippen molar-refractivity contribution in [1.82, 2.24) is 14.3 Å². The predicted octanol–water partition coefficient (Wildman–Crippen LogP) is 1.53. The molecule has 0 unspecified atom stereocenters. The van der Waals surface area contributed by atoms with Crippen LogP contribution in [0, 0.1) is 0 Å². The fraction of sp³-hybridized carbons (Fsp3) is 0.385. The zero-order valence-electron chi connectivity index (χ0n) is 11.0. The van der Waals surface area contributed by atoms with Gasteiger partial charge >= 0.3 is 5.97 Å². The van der Waals surface area contributed by atoms with Crippen LogP contribution in [-0.2, 0) is 17.8 Å². The molecule has 0 aliphatic carbocycles. The molecule has 0 aromatic carbocycles. The molecule has 0 spiro atoms. The predicted molar refractivity (Wildman–Crippen MR) is 71.6 cm³/mol. The highest BCUT2D eigenvalue weighted by Crippen LogP contribution is 2.12. The van der Waals surface area contributed by atoms with Crippen molar-refractivity contribution in [3.05, 3.63) is 36.4 Å². The number of aryl methyl sites for hydroxylation is 1. The zero-order valence-corrected chi connectivity index (χ0v) is 11.0. The molecule has 2 N–H and O–H groups in total. The number of nitrogens with zero attached hydrogens (tertiary/aromatic N) is 3. The SMILES string of the molecule is CCCn1cc(N)cc1C(=O)OCCn1cccn1. The van der Waals surface area contributed by atoms with E-state index < -0.39 is 0 Å². The first kappa shape index (κ1) is 13.2. The molecule has 2 heterocycles. The number of rotatable bonds is 6. The van der Waals surface area contributed by atoms with Crippen LogP contribution in [0.25, 0.3) is 0 Å². The maximum Gasteiger partial charge on any atom is 0.355 e. The van der Waals surface area contributed by atoms with Crippen LogP contribution in [0.1, 0.15) is 23.8 Å². The van der Waals surface area contributed by atoms with Crippen LogP contribution in [-0.4, -0.2) is 26.9 Å². The molecular formula is C13H18N4O2. The Kier molecular flexibility index (Phi) is 4.22. The maximum atomic E-state index is 12.0. The lowest BCUT2D eigenvalue weighted by atomic mass is 10.4. The molecule has 102 valence electrons. The molecule has 0 bridgehead atoms. The number of hydrogen-bond donors (Lipinski definition) is 1. The van der Waals surface area contributed by atoms with Crippen LogP contribution in [0.15, 0.2) is 30.7 Å². The molecule has 2 aromatic heterocycles. The summed E-state index contributed by atoms with van der Waals surface area (Å²) in [7, 11) is 0. The highest BCUT2D eigenvalue weighted by Gasteiger charge is 2.13. The average molecular weight is 262 g/mol. The molecule has 0 radical (unpaired) electrons. The lowest BCUT2D eigenvalue weighted by Crippen LogP contribution is -2.15. The van der Waals surface area contributed by atoms with Crippen molar-refractivity contribution in [3.8, 4) is 0 Å². The largest absolute Gasteiger partial charge is 0.459 e. The van der Waals surface area contributed by atoms with E-state index in [-0.39, 0.29) is 12.6 Å². The summed E-state index contributed by atoms with van der Waals surface area (Å²) in [5.41, 5.74) is 6.79. The average Bonchev–Trinajstić information content (AvgIpc) is 2.99. The van der Waals surface area contributed by atoms with Crippen molar-refractivity contribution in [2.24, 2.45) is 0 Å². The molecule has 19 heavy (non-hydrogen) atoms. The summed E-state index contributed by atoms with van der Waals surface area (Å²) in [5, 5.41) is 4.04. The number of carbonyl (C=O) groups excluding carboxylic acids is 1. The maximum absolute atomic E-state index is 12.0. The van der Waals surface area contributed by atoms with Gasteiger partial charge in [0.05, 0.1) is 12.2 Å². The lowest BCUT2D eigenvalue weighted by Gasteiger charge is -2.08. The monoisotopic (exact) mass is 262 g/mol. The summed E-state index contributed by atoms with van der Waals surface area (Å²) in [6, 6.07) is 3.47. The number of esters is 1. The van der Waals surface area contributed by atoms with Crippen molar-refractivity contribution in [3.63, 3.8) is 0 Å². The van der Waals surface area contributed by atoms with Crippen LogP contribution in [0.5, 0.6) is 0 Å². The van der Waals surface area contributed by atoms with Gasteiger partial charge in [0.15, 0.2) is 0 Å². The first-order valence-corrected chi connectivity index (χ1v) is 6.31. The van der Waals surface area contributed by atoms with Crippen LogP contribution in [0.2, 0.25) is 0 Å². The Morgan fingerprint density at radius 3 is 3.00 bits per heavy atom. The molecule has 6 nitrogen and oxygen atoms in total. The van der Waals surface area contributed by atoms with E-state index >= 15 is 0 Å². The van der Waals surface area contributed by atoms with Crippen LogP contribution >= 0.6 is 0 Å². The minimum Gasteiger partial charge on any atom is -0.459 e. The van der Waals surface area contributed by atoms with E-state index in [1.807, 2.05) is 23.8 Å². The molecule has 0 amide bonds. The fourth-order valence-corrected chi connectivity index (χ4v) is 1.87. The molecule has 0 saturated carbocycles. The van der Waals surface area contributed by atoms with E-state index in [4.69, 9.17) is 10.5 Å². The van der Waals surface area contributed by atoms with Crippen molar-refractivity contribution in [2.75, 3.05) is 12.3 Å². The fourth-order valence-electron chi connectivity index (χ4n) is 1.87. The van der Waals surface area contributed by atoms with Crippen molar-refractivity contribution >= 4 is 11.7 Å². The minimum absolute atomic E-state index is 0.289. The Hall–Kier alpha value is -2.24. The Morgan fingerprint density at radius 1 is 1.47 bits per heavy atom.